The fourth-order valence-corrected chi connectivity index (χ4v) is 2.48. The van der Waals surface area contributed by atoms with Crippen LogP contribution in [0.3, 0.4) is 0 Å². The van der Waals surface area contributed by atoms with E-state index < -0.39 is 0 Å². The van der Waals surface area contributed by atoms with E-state index >= 15 is 0 Å². The van der Waals surface area contributed by atoms with Crippen molar-refractivity contribution in [1.29, 1.82) is 0 Å². The summed E-state index contributed by atoms with van der Waals surface area (Å²) < 4.78 is 0. The van der Waals surface area contributed by atoms with Crippen LogP contribution >= 0.6 is 0 Å². The van der Waals surface area contributed by atoms with E-state index in [4.69, 9.17) is 16.3 Å². The largest absolute Gasteiger partial charge is 0.393 e. The van der Waals surface area contributed by atoms with Crippen molar-refractivity contribution in [3.63, 3.8) is 0 Å². The molecule has 7 nitrogen and oxygen atoms in total. The molecule has 0 bridgehead atoms. The highest BCUT2D eigenvalue weighted by molar-refractivity contribution is 5.74. The molecule has 0 unspecified atom stereocenters. The summed E-state index contributed by atoms with van der Waals surface area (Å²) in [5, 5.41) is 3.55. The number of pyridine rings is 2. The maximum Gasteiger partial charge on any atom is 0.228 e. The fraction of sp³-hybridized carbons (Fsp3) is 0.389. The predicted octanol–water partition coefficient (Wildman–Crippen LogP) is 1.69. The fourth-order valence-electron chi connectivity index (χ4n) is 2.48. The smallest absolute Gasteiger partial charge is 0.228 e. The van der Waals surface area contributed by atoms with Crippen molar-refractivity contribution in [2.45, 2.75) is 33.4 Å². The number of aryl methyl sites for hydroxylation is 2. The molecule has 0 saturated carbocycles. The van der Waals surface area contributed by atoms with Crippen LogP contribution in [0, 0.1) is 13.8 Å². The molecule has 0 aliphatic carbocycles. The molecule has 25 heavy (non-hydrogen) atoms. The van der Waals surface area contributed by atoms with Crippen LogP contribution in [0.5, 0.6) is 0 Å². The summed E-state index contributed by atoms with van der Waals surface area (Å²) in [6.45, 7) is 6.95. The number of nitrogens with two attached hydrogens (primary N) is 2. The van der Waals surface area contributed by atoms with Gasteiger partial charge in [-0.15, -0.1) is 0 Å². The topological polar surface area (TPSA) is 103 Å². The minimum atomic E-state index is -0.0647. The molecule has 0 aliphatic heterocycles. The molecule has 2 heterocycles. The van der Waals surface area contributed by atoms with Gasteiger partial charge in [-0.2, -0.15) is 0 Å². The Balaban J connectivity index is 2.01. The first-order chi connectivity index (χ1) is 12.1. The Hall–Kier alpha value is -2.67. The van der Waals surface area contributed by atoms with Gasteiger partial charge in [0.05, 0.1) is 11.4 Å². The number of guanidine groups is 1. The van der Waals surface area contributed by atoms with Gasteiger partial charge >= 0.3 is 0 Å². The summed E-state index contributed by atoms with van der Waals surface area (Å²) in [6, 6.07) is 8.06. The van der Waals surface area contributed by atoms with E-state index in [1.54, 1.807) is 0 Å². The van der Waals surface area contributed by atoms with Crippen LogP contribution in [0.15, 0.2) is 41.8 Å². The molecule has 0 fully saturated rings. The average molecular weight is 342 g/mol. The molecule has 0 aromatic carbocycles. The van der Waals surface area contributed by atoms with Gasteiger partial charge in [0, 0.05) is 32.0 Å². The van der Waals surface area contributed by atoms with Gasteiger partial charge in [-0.05, 0) is 48.7 Å². The molecular weight excluding hydrogens is 316 g/mol. The summed E-state index contributed by atoms with van der Waals surface area (Å²) in [5.41, 5.74) is 15.0. The summed E-state index contributed by atoms with van der Waals surface area (Å²) in [6.07, 6.45) is 4.46. The average Bonchev–Trinajstić information content (AvgIpc) is 2.58. The first kappa shape index (κ1) is 18.7. The van der Waals surface area contributed by atoms with Gasteiger partial charge in [0.15, 0.2) is 0 Å². The number of hydrogen-bond donors (Lipinski definition) is 2. The van der Waals surface area contributed by atoms with Gasteiger partial charge in [0.1, 0.15) is 6.61 Å². The van der Waals surface area contributed by atoms with E-state index in [9.17, 15) is 0 Å². The molecule has 0 radical (unpaired) electrons. The molecular formula is C18H26N6O. The Bertz CT molecular complexity index is 652. The monoisotopic (exact) mass is 342 g/mol. The second kappa shape index (κ2) is 9.58. The number of nitrogens with zero attached hydrogens (tertiary/aromatic N) is 4. The van der Waals surface area contributed by atoms with Crippen LogP contribution in [0.2, 0.25) is 0 Å². The summed E-state index contributed by atoms with van der Waals surface area (Å²) in [4.78, 5) is 16.4. The standard InChI is InChI=1S/C18H26N6O/c1-14-6-3-8-21-16(14)12-24(10-5-11-25-23-18(19)20)13-17-15(2)7-4-9-22-17/h3-4,6-9H,5,10-13H2,1-2H3,(H4,19,20,23). The molecule has 0 amide bonds. The lowest BCUT2D eigenvalue weighted by molar-refractivity contribution is 0.124. The lowest BCUT2D eigenvalue weighted by Gasteiger charge is -2.23. The zero-order valence-corrected chi connectivity index (χ0v) is 14.9. The van der Waals surface area contributed by atoms with E-state index in [-0.39, 0.29) is 5.96 Å². The quantitative estimate of drug-likeness (QED) is 0.311. The third-order valence-corrected chi connectivity index (χ3v) is 3.86. The van der Waals surface area contributed by atoms with Crippen molar-refractivity contribution in [1.82, 2.24) is 14.9 Å². The normalized spacial score (nSPS) is 10.7. The highest BCUT2D eigenvalue weighted by Gasteiger charge is 2.11. The summed E-state index contributed by atoms with van der Waals surface area (Å²) >= 11 is 0. The van der Waals surface area contributed by atoms with Gasteiger partial charge < -0.3 is 16.3 Å². The number of hydrogen-bond acceptors (Lipinski definition) is 5. The Morgan fingerprint density at radius 1 is 1.04 bits per heavy atom. The van der Waals surface area contributed by atoms with E-state index in [1.165, 1.54) is 11.1 Å². The molecule has 4 N–H and O–H groups in total. The molecule has 0 spiro atoms. The second-order valence-corrected chi connectivity index (χ2v) is 5.95. The number of oxime groups is 1. The molecule has 0 aliphatic rings. The van der Waals surface area contributed by atoms with Gasteiger partial charge in [-0.1, -0.05) is 12.1 Å². The minimum Gasteiger partial charge on any atom is -0.393 e. The van der Waals surface area contributed by atoms with E-state index in [2.05, 4.69) is 46.0 Å². The molecule has 7 heteroatoms. The maximum absolute atomic E-state index is 5.25. The van der Waals surface area contributed by atoms with Gasteiger partial charge in [-0.3, -0.25) is 14.9 Å². The van der Waals surface area contributed by atoms with Crippen molar-refractivity contribution >= 4 is 5.96 Å². The number of rotatable bonds is 9. The third-order valence-electron chi connectivity index (χ3n) is 3.86. The summed E-state index contributed by atoms with van der Waals surface area (Å²) in [5.74, 6) is -0.0647. The van der Waals surface area contributed by atoms with Gasteiger partial charge in [0.25, 0.3) is 0 Å². The van der Waals surface area contributed by atoms with Crippen LogP contribution in [0.1, 0.15) is 28.9 Å². The van der Waals surface area contributed by atoms with Crippen molar-refractivity contribution in [2.75, 3.05) is 13.2 Å². The Morgan fingerprint density at radius 2 is 1.60 bits per heavy atom. The molecule has 134 valence electrons. The Kier molecular flexibility index (Phi) is 7.16. The zero-order valence-electron chi connectivity index (χ0n) is 14.9. The first-order valence-electron chi connectivity index (χ1n) is 8.30. The third kappa shape index (κ3) is 6.39. The lowest BCUT2D eigenvalue weighted by Crippen LogP contribution is -2.27. The van der Waals surface area contributed by atoms with Crippen LogP contribution in [-0.2, 0) is 17.9 Å². The van der Waals surface area contributed by atoms with Crippen molar-refractivity contribution < 1.29 is 4.84 Å². The lowest BCUT2D eigenvalue weighted by atomic mass is 10.1. The van der Waals surface area contributed by atoms with Crippen LogP contribution in [0.25, 0.3) is 0 Å². The minimum absolute atomic E-state index is 0.0647. The molecule has 2 aromatic heterocycles. The maximum atomic E-state index is 5.25. The molecule has 2 aromatic rings. The van der Waals surface area contributed by atoms with Crippen LogP contribution < -0.4 is 11.5 Å². The highest BCUT2D eigenvalue weighted by atomic mass is 16.6. The zero-order chi connectivity index (χ0) is 18.1. The van der Waals surface area contributed by atoms with Crippen LogP contribution in [0.4, 0.5) is 0 Å². The van der Waals surface area contributed by atoms with E-state index in [0.717, 1.165) is 37.4 Å². The molecule has 2 rings (SSSR count). The van der Waals surface area contributed by atoms with E-state index in [1.807, 2.05) is 24.5 Å². The van der Waals surface area contributed by atoms with Gasteiger partial charge in [-0.25, -0.2) is 0 Å². The van der Waals surface area contributed by atoms with Crippen molar-refractivity contribution in [3.05, 3.63) is 59.2 Å². The van der Waals surface area contributed by atoms with Crippen LogP contribution in [-0.4, -0.2) is 34.0 Å². The highest BCUT2D eigenvalue weighted by Crippen LogP contribution is 2.13. The SMILES string of the molecule is Cc1cccnc1CN(CCCON=C(N)N)Cc1ncccc1C. The number of aromatic nitrogens is 2. The first-order valence-corrected chi connectivity index (χ1v) is 8.30. The molecule has 0 saturated heterocycles. The summed E-state index contributed by atoms with van der Waals surface area (Å²) in [7, 11) is 0. The van der Waals surface area contributed by atoms with Crippen molar-refractivity contribution in [2.24, 2.45) is 16.6 Å². The molecule has 0 atom stereocenters. The van der Waals surface area contributed by atoms with E-state index in [0.29, 0.717) is 6.61 Å². The second-order valence-electron chi connectivity index (χ2n) is 5.95. The Labute approximate surface area is 148 Å². The predicted molar refractivity (Wildman–Crippen MR) is 98.4 cm³/mol. The van der Waals surface area contributed by atoms with Crippen molar-refractivity contribution in [3.8, 4) is 0 Å². The van der Waals surface area contributed by atoms with Gasteiger partial charge in [0.2, 0.25) is 5.96 Å². The Morgan fingerprint density at radius 3 is 2.08 bits per heavy atom.